The summed E-state index contributed by atoms with van der Waals surface area (Å²) in [4.78, 5) is 29.4. The third-order valence-electron chi connectivity index (χ3n) is 6.48. The number of allylic oxidation sites excluding steroid dienone is 3. The standard InChI is InChI=1S/C26H26N2O3/c1-26(2)14-18-22(20(30)15-26)21(17-10-6-7-11-19(17)29)23(25-27-12-13-28(18)25)24(31)16-8-4-3-5-9-16/h3-11,21,27,29H,12-15H2,1-2H3. The first kappa shape index (κ1) is 19.6. The molecule has 1 unspecified atom stereocenters. The number of carbonyl (C=O) groups excluding carboxylic acids is 2. The van der Waals surface area contributed by atoms with Crippen LogP contribution in [0.1, 0.15) is 48.5 Å². The second-order valence-electron chi connectivity index (χ2n) is 9.33. The molecule has 2 aliphatic heterocycles. The maximum atomic E-state index is 13.8. The molecule has 1 atom stereocenters. The van der Waals surface area contributed by atoms with Crippen LogP contribution in [0.5, 0.6) is 5.75 Å². The normalized spacial score (nSPS) is 22.2. The Morgan fingerprint density at radius 1 is 1.06 bits per heavy atom. The summed E-state index contributed by atoms with van der Waals surface area (Å²) >= 11 is 0. The summed E-state index contributed by atoms with van der Waals surface area (Å²) in [6, 6.07) is 16.2. The Morgan fingerprint density at radius 3 is 2.52 bits per heavy atom. The highest BCUT2D eigenvalue weighted by atomic mass is 16.3. The zero-order valence-electron chi connectivity index (χ0n) is 17.8. The number of carbonyl (C=O) groups is 2. The van der Waals surface area contributed by atoms with Crippen molar-refractivity contribution in [2.24, 2.45) is 5.41 Å². The molecular formula is C26H26N2O3. The fraction of sp³-hybridized carbons (Fsp3) is 0.308. The van der Waals surface area contributed by atoms with Crippen molar-refractivity contribution in [3.8, 4) is 5.75 Å². The van der Waals surface area contributed by atoms with E-state index in [1.807, 2.05) is 30.3 Å². The molecule has 1 fully saturated rings. The molecule has 0 radical (unpaired) electrons. The van der Waals surface area contributed by atoms with Crippen LogP contribution in [0.4, 0.5) is 0 Å². The minimum atomic E-state index is -0.593. The lowest BCUT2D eigenvalue weighted by Gasteiger charge is -2.43. The van der Waals surface area contributed by atoms with Crippen molar-refractivity contribution in [1.29, 1.82) is 0 Å². The molecule has 2 heterocycles. The van der Waals surface area contributed by atoms with E-state index in [9.17, 15) is 14.7 Å². The number of ketones is 2. The van der Waals surface area contributed by atoms with Crippen LogP contribution in [0.2, 0.25) is 0 Å². The van der Waals surface area contributed by atoms with Gasteiger partial charge >= 0.3 is 0 Å². The van der Waals surface area contributed by atoms with E-state index < -0.39 is 5.92 Å². The number of nitrogens with zero attached hydrogens (tertiary/aromatic N) is 1. The van der Waals surface area contributed by atoms with Gasteiger partial charge in [0.25, 0.3) is 0 Å². The fourth-order valence-electron chi connectivity index (χ4n) is 5.18. The molecule has 1 saturated heterocycles. The lowest BCUT2D eigenvalue weighted by Crippen LogP contribution is -2.40. The Bertz CT molecular complexity index is 1140. The summed E-state index contributed by atoms with van der Waals surface area (Å²) in [5, 5.41) is 14.2. The summed E-state index contributed by atoms with van der Waals surface area (Å²) in [7, 11) is 0. The van der Waals surface area contributed by atoms with Crippen LogP contribution in [-0.2, 0) is 4.79 Å². The van der Waals surface area contributed by atoms with E-state index in [4.69, 9.17) is 0 Å². The molecule has 0 aromatic heterocycles. The van der Waals surface area contributed by atoms with Crippen LogP contribution in [0.3, 0.4) is 0 Å². The molecular weight excluding hydrogens is 388 g/mol. The van der Waals surface area contributed by atoms with Crippen molar-refractivity contribution in [2.45, 2.75) is 32.6 Å². The lowest BCUT2D eigenvalue weighted by molar-refractivity contribution is -0.118. The number of benzene rings is 2. The van der Waals surface area contributed by atoms with E-state index in [0.29, 0.717) is 35.2 Å². The number of rotatable bonds is 3. The number of phenolic OH excluding ortho intramolecular Hbond substituents is 1. The van der Waals surface area contributed by atoms with Gasteiger partial charge in [-0.15, -0.1) is 0 Å². The summed E-state index contributed by atoms with van der Waals surface area (Å²) in [5.41, 5.74) is 3.21. The van der Waals surface area contributed by atoms with Gasteiger partial charge < -0.3 is 15.3 Å². The van der Waals surface area contributed by atoms with Crippen molar-refractivity contribution < 1.29 is 14.7 Å². The lowest BCUT2D eigenvalue weighted by atomic mass is 9.67. The van der Waals surface area contributed by atoms with Gasteiger partial charge in [-0.3, -0.25) is 9.59 Å². The van der Waals surface area contributed by atoms with Gasteiger partial charge in [0, 0.05) is 41.9 Å². The Kier molecular flexibility index (Phi) is 4.50. The van der Waals surface area contributed by atoms with Crippen LogP contribution >= 0.6 is 0 Å². The molecule has 31 heavy (non-hydrogen) atoms. The summed E-state index contributed by atoms with van der Waals surface area (Å²) in [5.74, 6) is 0.217. The van der Waals surface area contributed by atoms with E-state index in [0.717, 1.165) is 24.5 Å². The van der Waals surface area contributed by atoms with Crippen LogP contribution in [0.25, 0.3) is 0 Å². The van der Waals surface area contributed by atoms with E-state index >= 15 is 0 Å². The predicted octanol–water partition coefficient (Wildman–Crippen LogP) is 4.13. The highest BCUT2D eigenvalue weighted by molar-refractivity contribution is 6.13. The second kappa shape index (κ2) is 7.12. The molecule has 2 N–H and O–H groups in total. The van der Waals surface area contributed by atoms with Crippen LogP contribution in [0, 0.1) is 5.41 Å². The first-order valence-corrected chi connectivity index (χ1v) is 10.8. The SMILES string of the molecule is CC1(C)CC(=O)C2=C(C1)N1CCNC1=C(C(=O)c1ccccc1)C2c1ccccc1O. The van der Waals surface area contributed by atoms with Gasteiger partial charge in [-0.05, 0) is 17.9 Å². The molecule has 0 amide bonds. The highest BCUT2D eigenvalue weighted by Gasteiger charge is 2.47. The third-order valence-corrected chi connectivity index (χ3v) is 6.48. The van der Waals surface area contributed by atoms with Crippen molar-refractivity contribution >= 4 is 11.6 Å². The molecule has 0 saturated carbocycles. The summed E-state index contributed by atoms with van der Waals surface area (Å²) in [6.45, 7) is 5.65. The second-order valence-corrected chi connectivity index (χ2v) is 9.33. The van der Waals surface area contributed by atoms with Gasteiger partial charge in [-0.2, -0.15) is 0 Å². The number of Topliss-reactive ketones (excluding diaryl/α,β-unsaturated/α-hetero) is 2. The topological polar surface area (TPSA) is 69.6 Å². The Morgan fingerprint density at radius 2 is 1.77 bits per heavy atom. The van der Waals surface area contributed by atoms with Gasteiger partial charge in [0.2, 0.25) is 0 Å². The van der Waals surface area contributed by atoms with Crippen molar-refractivity contribution in [3.05, 3.63) is 88.4 Å². The zero-order valence-corrected chi connectivity index (χ0v) is 17.8. The maximum absolute atomic E-state index is 13.8. The predicted molar refractivity (Wildman–Crippen MR) is 118 cm³/mol. The first-order chi connectivity index (χ1) is 14.9. The van der Waals surface area contributed by atoms with Crippen molar-refractivity contribution in [1.82, 2.24) is 10.2 Å². The molecule has 0 bridgehead atoms. The minimum absolute atomic E-state index is 0.0591. The quantitative estimate of drug-likeness (QED) is 0.739. The van der Waals surface area contributed by atoms with Crippen LogP contribution in [0.15, 0.2) is 77.3 Å². The zero-order chi connectivity index (χ0) is 21.8. The smallest absolute Gasteiger partial charge is 0.193 e. The minimum Gasteiger partial charge on any atom is -0.508 e. The maximum Gasteiger partial charge on any atom is 0.193 e. The van der Waals surface area contributed by atoms with Crippen molar-refractivity contribution in [2.75, 3.05) is 13.1 Å². The number of hydrogen-bond donors (Lipinski definition) is 2. The van der Waals surface area contributed by atoms with E-state index in [1.165, 1.54) is 0 Å². The summed E-state index contributed by atoms with van der Waals surface area (Å²) < 4.78 is 0. The Balaban J connectivity index is 1.77. The monoisotopic (exact) mass is 414 g/mol. The Hall–Kier alpha value is -3.34. The van der Waals surface area contributed by atoms with Gasteiger partial charge in [-0.25, -0.2) is 0 Å². The number of aromatic hydroxyl groups is 1. The molecule has 3 aliphatic rings. The van der Waals surface area contributed by atoms with Crippen LogP contribution in [-0.4, -0.2) is 34.7 Å². The van der Waals surface area contributed by atoms with E-state index in [1.54, 1.807) is 24.3 Å². The molecule has 158 valence electrons. The fourth-order valence-corrected chi connectivity index (χ4v) is 5.18. The first-order valence-electron chi connectivity index (χ1n) is 10.8. The van der Waals surface area contributed by atoms with Gasteiger partial charge in [0.1, 0.15) is 11.6 Å². The average Bonchev–Trinajstić information content (AvgIpc) is 3.23. The Labute approximate surface area is 182 Å². The van der Waals surface area contributed by atoms with E-state index in [-0.39, 0.29) is 22.7 Å². The van der Waals surface area contributed by atoms with E-state index in [2.05, 4.69) is 24.1 Å². The average molecular weight is 415 g/mol. The molecule has 5 nitrogen and oxygen atoms in total. The van der Waals surface area contributed by atoms with Crippen molar-refractivity contribution in [3.63, 3.8) is 0 Å². The van der Waals surface area contributed by atoms with Gasteiger partial charge in [0.15, 0.2) is 11.6 Å². The number of phenols is 1. The number of fused-ring (bicyclic) bond motifs is 2. The molecule has 0 spiro atoms. The number of para-hydroxylation sites is 1. The molecule has 5 heteroatoms. The summed E-state index contributed by atoms with van der Waals surface area (Å²) in [6.07, 6.45) is 1.19. The highest BCUT2D eigenvalue weighted by Crippen LogP contribution is 2.51. The van der Waals surface area contributed by atoms with Crippen LogP contribution < -0.4 is 5.32 Å². The number of hydrogen-bond acceptors (Lipinski definition) is 5. The molecule has 2 aromatic carbocycles. The molecule has 5 rings (SSSR count). The number of nitrogens with one attached hydrogen (secondary N) is 1. The molecule has 2 aromatic rings. The largest absolute Gasteiger partial charge is 0.508 e. The van der Waals surface area contributed by atoms with Gasteiger partial charge in [-0.1, -0.05) is 62.4 Å². The van der Waals surface area contributed by atoms with Gasteiger partial charge in [0.05, 0.1) is 11.5 Å². The third kappa shape index (κ3) is 3.16. The molecule has 1 aliphatic carbocycles.